The molecule has 0 saturated carbocycles. The van der Waals surface area contributed by atoms with Gasteiger partial charge in [-0.3, -0.25) is 9.55 Å². The van der Waals surface area contributed by atoms with Crippen molar-refractivity contribution in [2.24, 2.45) is 0 Å². The number of rotatable bonds is 2. The molecule has 1 saturated heterocycles. The number of aliphatic hydroxyl groups is 3. The van der Waals surface area contributed by atoms with Crippen LogP contribution in [0.1, 0.15) is 11.8 Å². The van der Waals surface area contributed by atoms with E-state index in [1.54, 1.807) is 6.92 Å². The molecule has 1 fully saturated rings. The SMILES string of the molecule is Cc1cn([C@@H]2O[C@H](CO)[C@@H](O)[C@@H]2O)c(=O)[nH]c1=S. The molecule has 1 aromatic heterocycles. The molecule has 0 spiro atoms. The third-order valence-electron chi connectivity index (χ3n) is 2.94. The summed E-state index contributed by atoms with van der Waals surface area (Å²) in [6.45, 7) is 1.27. The first-order valence-electron chi connectivity index (χ1n) is 5.40. The summed E-state index contributed by atoms with van der Waals surface area (Å²) < 4.78 is 6.68. The van der Waals surface area contributed by atoms with E-state index in [9.17, 15) is 15.0 Å². The minimum atomic E-state index is -1.29. The summed E-state index contributed by atoms with van der Waals surface area (Å²) in [5, 5.41) is 28.4. The van der Waals surface area contributed by atoms with Crippen molar-refractivity contribution in [3.8, 4) is 0 Å². The van der Waals surface area contributed by atoms with Gasteiger partial charge in [-0.1, -0.05) is 12.2 Å². The van der Waals surface area contributed by atoms with Crippen LogP contribution in [0, 0.1) is 11.6 Å². The summed E-state index contributed by atoms with van der Waals surface area (Å²) in [6.07, 6.45) is -3.05. The Kier molecular flexibility index (Phi) is 3.64. The lowest BCUT2D eigenvalue weighted by Gasteiger charge is -2.17. The maximum Gasteiger partial charge on any atom is 0.328 e. The molecular weight excluding hydrogens is 260 g/mol. The molecule has 18 heavy (non-hydrogen) atoms. The molecule has 0 amide bonds. The minimum Gasteiger partial charge on any atom is -0.394 e. The summed E-state index contributed by atoms with van der Waals surface area (Å²) in [5.41, 5.74) is 0.0998. The maximum atomic E-state index is 11.7. The van der Waals surface area contributed by atoms with Gasteiger partial charge in [0.15, 0.2) is 6.23 Å². The number of ether oxygens (including phenoxy) is 1. The first-order valence-corrected chi connectivity index (χ1v) is 5.81. The fourth-order valence-corrected chi connectivity index (χ4v) is 2.03. The average Bonchev–Trinajstić information content (AvgIpc) is 2.61. The summed E-state index contributed by atoms with van der Waals surface area (Å²) in [5.74, 6) is 0. The van der Waals surface area contributed by atoms with Crippen molar-refractivity contribution in [1.29, 1.82) is 0 Å². The van der Waals surface area contributed by atoms with Gasteiger partial charge in [0.05, 0.1) is 6.61 Å². The molecule has 7 nitrogen and oxygen atoms in total. The van der Waals surface area contributed by atoms with E-state index in [0.29, 0.717) is 10.2 Å². The van der Waals surface area contributed by atoms with Gasteiger partial charge in [-0.2, -0.15) is 0 Å². The number of hydrogen-bond donors (Lipinski definition) is 4. The van der Waals surface area contributed by atoms with Crippen LogP contribution in [0.2, 0.25) is 0 Å². The van der Waals surface area contributed by atoms with Gasteiger partial charge < -0.3 is 20.1 Å². The predicted molar refractivity (Wildman–Crippen MR) is 63.6 cm³/mol. The van der Waals surface area contributed by atoms with Crippen LogP contribution in [0.3, 0.4) is 0 Å². The number of aromatic amines is 1. The number of aromatic nitrogens is 2. The molecule has 2 rings (SSSR count). The predicted octanol–water partition coefficient (Wildman–Crippen LogP) is -1.17. The molecule has 1 aliphatic heterocycles. The normalized spacial score (nSPS) is 31.8. The van der Waals surface area contributed by atoms with Gasteiger partial charge in [-0.05, 0) is 6.92 Å². The second-order valence-corrected chi connectivity index (χ2v) is 4.62. The molecular formula is C10H14N2O5S. The molecule has 0 aliphatic carbocycles. The smallest absolute Gasteiger partial charge is 0.328 e. The Morgan fingerprint density at radius 3 is 2.72 bits per heavy atom. The van der Waals surface area contributed by atoms with Crippen molar-refractivity contribution in [3.05, 3.63) is 26.9 Å². The molecule has 8 heteroatoms. The first kappa shape index (κ1) is 13.4. The number of aliphatic hydroxyl groups excluding tert-OH is 3. The van der Waals surface area contributed by atoms with Crippen LogP contribution < -0.4 is 5.69 Å². The van der Waals surface area contributed by atoms with E-state index >= 15 is 0 Å². The lowest BCUT2D eigenvalue weighted by Crippen LogP contribution is -2.36. The van der Waals surface area contributed by atoms with Gasteiger partial charge in [0, 0.05) is 11.8 Å². The Hall–Kier alpha value is -1.06. The van der Waals surface area contributed by atoms with Crippen molar-refractivity contribution in [1.82, 2.24) is 9.55 Å². The van der Waals surface area contributed by atoms with Crippen LogP contribution in [0.5, 0.6) is 0 Å². The Morgan fingerprint density at radius 2 is 2.17 bits per heavy atom. The second-order valence-electron chi connectivity index (χ2n) is 4.21. The van der Waals surface area contributed by atoms with Crippen molar-refractivity contribution in [2.45, 2.75) is 31.5 Å². The van der Waals surface area contributed by atoms with Crippen LogP contribution in [0.15, 0.2) is 11.0 Å². The molecule has 100 valence electrons. The van der Waals surface area contributed by atoms with Crippen LogP contribution in [-0.4, -0.2) is 49.8 Å². The van der Waals surface area contributed by atoms with Gasteiger partial charge in [0.1, 0.15) is 23.0 Å². The van der Waals surface area contributed by atoms with Crippen LogP contribution in [0.25, 0.3) is 0 Å². The van der Waals surface area contributed by atoms with Crippen molar-refractivity contribution >= 4 is 12.2 Å². The lowest BCUT2D eigenvalue weighted by atomic mass is 10.1. The molecule has 0 aromatic carbocycles. The van der Waals surface area contributed by atoms with E-state index in [0.717, 1.165) is 4.57 Å². The Morgan fingerprint density at radius 1 is 1.50 bits per heavy atom. The molecule has 1 aliphatic rings. The fourth-order valence-electron chi connectivity index (χ4n) is 1.88. The zero-order valence-corrected chi connectivity index (χ0v) is 10.4. The molecule has 4 N–H and O–H groups in total. The quantitative estimate of drug-likeness (QED) is 0.506. The van der Waals surface area contributed by atoms with Gasteiger partial charge in [-0.15, -0.1) is 0 Å². The Bertz CT molecular complexity index is 554. The first-order chi connectivity index (χ1) is 8.45. The lowest BCUT2D eigenvalue weighted by molar-refractivity contribution is -0.0550. The zero-order chi connectivity index (χ0) is 13.4. The number of nitrogens with one attached hydrogen (secondary N) is 1. The third kappa shape index (κ3) is 2.13. The minimum absolute atomic E-state index is 0.308. The zero-order valence-electron chi connectivity index (χ0n) is 9.61. The Balaban J connectivity index is 2.42. The van der Waals surface area contributed by atoms with Crippen LogP contribution in [-0.2, 0) is 4.74 Å². The number of aryl methyl sites for hydroxylation is 1. The Labute approximate surface area is 107 Å². The molecule has 0 bridgehead atoms. The van der Waals surface area contributed by atoms with Crippen molar-refractivity contribution in [3.63, 3.8) is 0 Å². The number of hydrogen-bond acceptors (Lipinski definition) is 6. The highest BCUT2D eigenvalue weighted by Gasteiger charge is 2.43. The van der Waals surface area contributed by atoms with Gasteiger partial charge in [0.25, 0.3) is 0 Å². The highest BCUT2D eigenvalue weighted by molar-refractivity contribution is 7.71. The van der Waals surface area contributed by atoms with Crippen LogP contribution >= 0.6 is 12.2 Å². The number of nitrogens with zero attached hydrogens (tertiary/aromatic N) is 1. The van der Waals surface area contributed by atoms with E-state index in [1.807, 2.05) is 0 Å². The van der Waals surface area contributed by atoms with Gasteiger partial charge >= 0.3 is 5.69 Å². The monoisotopic (exact) mass is 274 g/mol. The third-order valence-corrected chi connectivity index (χ3v) is 3.36. The largest absolute Gasteiger partial charge is 0.394 e. The number of H-pyrrole nitrogens is 1. The average molecular weight is 274 g/mol. The van der Waals surface area contributed by atoms with E-state index in [-0.39, 0.29) is 0 Å². The molecule has 4 atom stereocenters. The van der Waals surface area contributed by atoms with Gasteiger partial charge in [-0.25, -0.2) is 4.79 Å². The topological polar surface area (TPSA) is 108 Å². The van der Waals surface area contributed by atoms with Crippen molar-refractivity contribution < 1.29 is 20.1 Å². The van der Waals surface area contributed by atoms with E-state index in [2.05, 4.69) is 4.98 Å². The summed E-state index contributed by atoms with van der Waals surface area (Å²) in [7, 11) is 0. The van der Waals surface area contributed by atoms with E-state index in [4.69, 9.17) is 22.1 Å². The fraction of sp³-hybridized carbons (Fsp3) is 0.600. The second kappa shape index (κ2) is 4.90. The van der Waals surface area contributed by atoms with Gasteiger partial charge in [0.2, 0.25) is 0 Å². The highest BCUT2D eigenvalue weighted by atomic mass is 32.1. The molecule has 1 aromatic rings. The summed E-state index contributed by atoms with van der Waals surface area (Å²) in [6, 6.07) is 0. The summed E-state index contributed by atoms with van der Waals surface area (Å²) in [4.78, 5) is 14.2. The molecule has 2 heterocycles. The standard InChI is InChI=1S/C10H14N2O5S/c1-4-2-12(10(16)11-8(4)18)9-7(15)6(14)5(3-13)17-9/h2,5-7,9,13-15H,3H2,1H3,(H,11,16,18)/t5-,6-,7+,9-/m1/s1. The molecule has 0 unspecified atom stereocenters. The molecule has 0 radical (unpaired) electrons. The van der Waals surface area contributed by atoms with Crippen molar-refractivity contribution in [2.75, 3.05) is 6.61 Å². The van der Waals surface area contributed by atoms with E-state index in [1.165, 1.54) is 6.20 Å². The maximum absolute atomic E-state index is 11.7. The van der Waals surface area contributed by atoms with E-state index < -0.39 is 36.8 Å². The highest BCUT2D eigenvalue weighted by Crippen LogP contribution is 2.28. The van der Waals surface area contributed by atoms with Crippen LogP contribution in [0.4, 0.5) is 0 Å². The summed E-state index contributed by atoms with van der Waals surface area (Å²) >= 11 is 4.91.